The lowest BCUT2D eigenvalue weighted by Crippen LogP contribution is -2.41. The number of urea groups is 1. The Bertz CT molecular complexity index is 1160. The van der Waals surface area contributed by atoms with Crippen LogP contribution < -0.4 is 5.32 Å². The molecule has 2 amide bonds. The van der Waals surface area contributed by atoms with Crippen LogP contribution in [0.2, 0.25) is 0 Å². The van der Waals surface area contributed by atoms with Crippen molar-refractivity contribution in [2.24, 2.45) is 0 Å². The highest BCUT2D eigenvalue weighted by atomic mass is 32.2. The van der Waals surface area contributed by atoms with E-state index >= 15 is 0 Å². The molecule has 0 aliphatic carbocycles. The SMILES string of the molecule is CSC1CCN(C(=O)Nc2nc(-c3cccc(C#N)c3)c(-c3cc(C)nc(C)c3)s2)CC1. The molecule has 0 saturated carbocycles. The molecule has 6 nitrogen and oxygen atoms in total. The second-order valence-corrected chi connectivity index (χ2v) is 10.0. The average molecular weight is 464 g/mol. The van der Waals surface area contributed by atoms with Gasteiger partial charge < -0.3 is 4.90 Å². The Morgan fingerprint density at radius 2 is 1.88 bits per heavy atom. The number of carbonyl (C=O) groups is 1. The molecule has 3 heterocycles. The second-order valence-electron chi connectivity index (χ2n) is 7.88. The van der Waals surface area contributed by atoms with Crippen LogP contribution in [0.5, 0.6) is 0 Å². The average Bonchev–Trinajstić information content (AvgIpc) is 3.22. The minimum absolute atomic E-state index is 0.107. The number of aromatic nitrogens is 2. The van der Waals surface area contributed by atoms with Crippen molar-refractivity contribution in [3.8, 4) is 27.8 Å². The van der Waals surface area contributed by atoms with Crippen molar-refractivity contribution >= 4 is 34.3 Å². The number of nitrogens with zero attached hydrogens (tertiary/aromatic N) is 4. The third kappa shape index (κ3) is 4.95. The van der Waals surface area contributed by atoms with Crippen LogP contribution in [0.1, 0.15) is 29.8 Å². The molecule has 0 unspecified atom stereocenters. The van der Waals surface area contributed by atoms with E-state index in [2.05, 4.69) is 22.6 Å². The molecular weight excluding hydrogens is 438 g/mol. The van der Waals surface area contributed by atoms with E-state index in [0.29, 0.717) is 15.9 Å². The third-order valence-corrected chi connectivity index (χ3v) is 7.67. The van der Waals surface area contributed by atoms with E-state index in [4.69, 9.17) is 4.98 Å². The molecule has 1 N–H and O–H groups in total. The van der Waals surface area contributed by atoms with Gasteiger partial charge in [0.25, 0.3) is 0 Å². The van der Waals surface area contributed by atoms with Gasteiger partial charge in [0.1, 0.15) is 0 Å². The van der Waals surface area contributed by atoms with E-state index < -0.39 is 0 Å². The molecule has 1 aromatic carbocycles. The van der Waals surface area contributed by atoms with Crippen LogP contribution in [-0.4, -0.2) is 45.5 Å². The Hall–Kier alpha value is -2.89. The molecule has 1 aliphatic heterocycles. The number of rotatable bonds is 4. The molecule has 3 aromatic rings. The summed E-state index contributed by atoms with van der Waals surface area (Å²) < 4.78 is 0. The van der Waals surface area contributed by atoms with Gasteiger partial charge >= 0.3 is 6.03 Å². The number of pyridine rings is 1. The summed E-state index contributed by atoms with van der Waals surface area (Å²) in [6.45, 7) is 5.45. The van der Waals surface area contributed by atoms with E-state index in [1.54, 1.807) is 6.07 Å². The predicted octanol–water partition coefficient (Wildman–Crippen LogP) is 5.72. The van der Waals surface area contributed by atoms with Gasteiger partial charge in [-0.2, -0.15) is 17.0 Å². The van der Waals surface area contributed by atoms with Gasteiger partial charge in [-0.3, -0.25) is 10.3 Å². The van der Waals surface area contributed by atoms with Gasteiger partial charge in [0.05, 0.1) is 22.2 Å². The summed E-state index contributed by atoms with van der Waals surface area (Å²) in [4.78, 5) is 25.0. The van der Waals surface area contributed by atoms with Crippen molar-refractivity contribution in [3.05, 3.63) is 53.3 Å². The number of thiazole rings is 1. The zero-order valence-electron chi connectivity index (χ0n) is 18.4. The molecular formula is C24H25N5OS2. The lowest BCUT2D eigenvalue weighted by atomic mass is 10.0. The van der Waals surface area contributed by atoms with Crippen LogP contribution in [0.15, 0.2) is 36.4 Å². The standard InChI is InChI=1S/C24H25N5OS2/c1-15-11-19(12-16(2)26-15)22-21(18-6-4-5-17(13-18)14-25)27-23(32-22)28-24(30)29-9-7-20(31-3)8-10-29/h4-6,11-13,20H,7-10H2,1-3H3,(H,27,28,30). The number of likely N-dealkylation sites (tertiary alicyclic amines) is 1. The molecule has 2 aromatic heterocycles. The van der Waals surface area contributed by atoms with Gasteiger partial charge in [-0.1, -0.05) is 23.5 Å². The number of nitrogens with one attached hydrogen (secondary N) is 1. The van der Waals surface area contributed by atoms with Crippen LogP contribution >= 0.6 is 23.1 Å². The van der Waals surface area contributed by atoms with Crippen molar-refractivity contribution in [1.82, 2.24) is 14.9 Å². The Kier molecular flexibility index (Phi) is 6.77. The number of amides is 2. The molecule has 4 rings (SSSR count). The summed E-state index contributed by atoms with van der Waals surface area (Å²) in [5, 5.41) is 13.5. The normalized spacial score (nSPS) is 14.2. The molecule has 1 fully saturated rings. The Labute approximate surface area is 196 Å². The second kappa shape index (κ2) is 9.72. The zero-order chi connectivity index (χ0) is 22.7. The van der Waals surface area contributed by atoms with Crippen molar-refractivity contribution in [2.75, 3.05) is 24.7 Å². The maximum atomic E-state index is 12.9. The number of anilines is 1. The summed E-state index contributed by atoms with van der Waals surface area (Å²) in [5.74, 6) is 0. The van der Waals surface area contributed by atoms with Gasteiger partial charge in [-0.15, -0.1) is 0 Å². The molecule has 0 atom stereocenters. The van der Waals surface area contributed by atoms with Crippen LogP contribution in [0.3, 0.4) is 0 Å². The first-order valence-corrected chi connectivity index (χ1v) is 12.6. The van der Waals surface area contributed by atoms with E-state index in [1.807, 2.05) is 60.8 Å². The monoisotopic (exact) mass is 463 g/mol. The highest BCUT2D eigenvalue weighted by Gasteiger charge is 2.24. The number of benzene rings is 1. The predicted molar refractivity (Wildman–Crippen MR) is 132 cm³/mol. The maximum Gasteiger partial charge on any atom is 0.323 e. The molecule has 32 heavy (non-hydrogen) atoms. The minimum atomic E-state index is -0.107. The number of nitriles is 1. The first-order valence-electron chi connectivity index (χ1n) is 10.5. The van der Waals surface area contributed by atoms with Crippen molar-refractivity contribution in [1.29, 1.82) is 5.26 Å². The van der Waals surface area contributed by atoms with Crippen molar-refractivity contribution in [2.45, 2.75) is 31.9 Å². The van der Waals surface area contributed by atoms with Crippen LogP contribution in [-0.2, 0) is 0 Å². The number of hydrogen-bond acceptors (Lipinski definition) is 6. The fourth-order valence-electron chi connectivity index (χ4n) is 3.93. The molecule has 0 bridgehead atoms. The Balaban J connectivity index is 1.68. The maximum absolute atomic E-state index is 12.9. The van der Waals surface area contributed by atoms with Gasteiger partial charge in [0.2, 0.25) is 0 Å². The van der Waals surface area contributed by atoms with Gasteiger partial charge in [-0.25, -0.2) is 9.78 Å². The third-order valence-electron chi connectivity index (χ3n) is 5.51. The quantitative estimate of drug-likeness (QED) is 0.535. The van der Waals surface area contributed by atoms with E-state index in [9.17, 15) is 10.1 Å². The van der Waals surface area contributed by atoms with Crippen molar-refractivity contribution in [3.63, 3.8) is 0 Å². The van der Waals surface area contributed by atoms with Crippen molar-refractivity contribution < 1.29 is 4.79 Å². The minimum Gasteiger partial charge on any atom is -0.324 e. The summed E-state index contributed by atoms with van der Waals surface area (Å²) >= 11 is 3.32. The summed E-state index contributed by atoms with van der Waals surface area (Å²) in [7, 11) is 0. The fraction of sp³-hybridized carbons (Fsp3) is 0.333. The molecule has 1 saturated heterocycles. The largest absolute Gasteiger partial charge is 0.324 e. The summed E-state index contributed by atoms with van der Waals surface area (Å²) in [6, 6.07) is 13.5. The first-order chi connectivity index (χ1) is 15.5. The summed E-state index contributed by atoms with van der Waals surface area (Å²) in [5.41, 5.74) is 5.04. The van der Waals surface area contributed by atoms with E-state index in [0.717, 1.165) is 59.0 Å². The van der Waals surface area contributed by atoms with E-state index in [1.165, 1.54) is 11.3 Å². The smallest absolute Gasteiger partial charge is 0.323 e. The highest BCUT2D eigenvalue weighted by Crippen LogP contribution is 2.40. The van der Waals surface area contributed by atoms with E-state index in [-0.39, 0.29) is 6.03 Å². The topological polar surface area (TPSA) is 81.9 Å². The molecule has 8 heteroatoms. The molecule has 164 valence electrons. The lowest BCUT2D eigenvalue weighted by Gasteiger charge is -2.30. The molecule has 0 radical (unpaired) electrons. The Morgan fingerprint density at radius 1 is 1.16 bits per heavy atom. The number of hydrogen-bond donors (Lipinski definition) is 1. The van der Waals surface area contributed by atoms with Crippen LogP contribution in [0.25, 0.3) is 21.7 Å². The number of thioether (sulfide) groups is 1. The summed E-state index contributed by atoms with van der Waals surface area (Å²) in [6.07, 6.45) is 4.15. The van der Waals surface area contributed by atoms with Crippen LogP contribution in [0, 0.1) is 25.2 Å². The van der Waals surface area contributed by atoms with Gasteiger partial charge in [0.15, 0.2) is 5.13 Å². The number of carbonyl (C=O) groups excluding carboxylic acids is 1. The van der Waals surface area contributed by atoms with Gasteiger partial charge in [-0.05, 0) is 62.8 Å². The lowest BCUT2D eigenvalue weighted by molar-refractivity contribution is 0.201. The van der Waals surface area contributed by atoms with Crippen LogP contribution in [0.4, 0.5) is 9.93 Å². The molecule has 0 spiro atoms. The molecule has 1 aliphatic rings. The number of piperidine rings is 1. The Morgan fingerprint density at radius 3 is 2.53 bits per heavy atom. The zero-order valence-corrected chi connectivity index (χ0v) is 20.0. The highest BCUT2D eigenvalue weighted by molar-refractivity contribution is 7.99. The fourth-order valence-corrected chi connectivity index (χ4v) is 5.58. The van der Waals surface area contributed by atoms with Gasteiger partial charge in [0, 0.05) is 35.3 Å². The number of aryl methyl sites for hydroxylation is 2. The first kappa shape index (κ1) is 22.3.